The highest BCUT2D eigenvalue weighted by atomic mass is 16.4. The quantitative estimate of drug-likeness (QED) is 0.739. The van der Waals surface area contributed by atoms with E-state index in [0.717, 1.165) is 11.3 Å². The van der Waals surface area contributed by atoms with Crippen LogP contribution in [0.5, 0.6) is 0 Å². The Kier molecular flexibility index (Phi) is 2.58. The number of rotatable bonds is 2. The van der Waals surface area contributed by atoms with Crippen LogP contribution in [0.25, 0.3) is 11.5 Å². The Labute approximate surface area is 90.0 Å². The van der Waals surface area contributed by atoms with E-state index in [4.69, 9.17) is 4.42 Å². The first-order valence-electron chi connectivity index (χ1n) is 5.19. The van der Waals surface area contributed by atoms with Gasteiger partial charge in [0.25, 0.3) is 0 Å². The molecule has 0 fully saturated rings. The van der Waals surface area contributed by atoms with Crippen LogP contribution < -0.4 is 0 Å². The summed E-state index contributed by atoms with van der Waals surface area (Å²) in [6.45, 7) is 6.27. The predicted molar refractivity (Wildman–Crippen MR) is 60.8 cm³/mol. The van der Waals surface area contributed by atoms with E-state index in [1.54, 1.807) is 6.20 Å². The van der Waals surface area contributed by atoms with E-state index in [2.05, 4.69) is 43.1 Å². The smallest absolute Gasteiger partial charge is 0.226 e. The lowest BCUT2D eigenvalue weighted by Gasteiger charge is -2.04. The largest absolute Gasteiger partial charge is 0.441 e. The molecule has 1 aromatic carbocycles. The number of hydrogen-bond donors (Lipinski definition) is 0. The SMILES string of the molecule is Cc1cnc(-c2ccc(C(C)C)cc2)o1. The number of hydrogen-bond acceptors (Lipinski definition) is 2. The summed E-state index contributed by atoms with van der Waals surface area (Å²) >= 11 is 0. The molecule has 0 aliphatic carbocycles. The molecule has 2 rings (SSSR count). The van der Waals surface area contributed by atoms with Crippen molar-refractivity contribution in [2.75, 3.05) is 0 Å². The molecule has 15 heavy (non-hydrogen) atoms. The van der Waals surface area contributed by atoms with Gasteiger partial charge in [-0.1, -0.05) is 26.0 Å². The van der Waals surface area contributed by atoms with Crippen LogP contribution >= 0.6 is 0 Å². The molecule has 0 saturated carbocycles. The normalized spacial score (nSPS) is 10.9. The highest BCUT2D eigenvalue weighted by molar-refractivity contribution is 5.53. The van der Waals surface area contributed by atoms with Crippen LogP contribution in [0.4, 0.5) is 0 Å². The van der Waals surface area contributed by atoms with Gasteiger partial charge in [-0.25, -0.2) is 4.98 Å². The number of benzene rings is 1. The maximum Gasteiger partial charge on any atom is 0.226 e. The van der Waals surface area contributed by atoms with Crippen LogP contribution in [0.2, 0.25) is 0 Å². The van der Waals surface area contributed by atoms with Crippen molar-refractivity contribution in [1.29, 1.82) is 0 Å². The molecule has 2 aromatic rings. The fourth-order valence-electron chi connectivity index (χ4n) is 1.50. The molecule has 2 heteroatoms. The second kappa shape index (κ2) is 3.89. The third-order valence-corrected chi connectivity index (χ3v) is 2.45. The summed E-state index contributed by atoms with van der Waals surface area (Å²) in [7, 11) is 0. The van der Waals surface area contributed by atoms with Crippen LogP contribution in [0.15, 0.2) is 34.9 Å². The van der Waals surface area contributed by atoms with Crippen molar-refractivity contribution in [2.45, 2.75) is 26.7 Å². The summed E-state index contributed by atoms with van der Waals surface area (Å²) in [5.41, 5.74) is 2.37. The lowest BCUT2D eigenvalue weighted by molar-refractivity contribution is 0.542. The van der Waals surface area contributed by atoms with E-state index in [-0.39, 0.29) is 0 Å². The molecule has 0 bridgehead atoms. The molecular formula is C13H15NO. The minimum absolute atomic E-state index is 0.561. The van der Waals surface area contributed by atoms with Crippen LogP contribution in [-0.2, 0) is 0 Å². The lowest BCUT2D eigenvalue weighted by Crippen LogP contribution is -1.86. The van der Waals surface area contributed by atoms with Crippen LogP contribution in [0.3, 0.4) is 0 Å². The van der Waals surface area contributed by atoms with Crippen LogP contribution in [-0.4, -0.2) is 4.98 Å². The molecule has 0 unspecified atom stereocenters. The maximum absolute atomic E-state index is 5.46. The van der Waals surface area contributed by atoms with Crippen molar-refractivity contribution in [3.05, 3.63) is 41.8 Å². The van der Waals surface area contributed by atoms with Gasteiger partial charge in [0, 0.05) is 5.56 Å². The van der Waals surface area contributed by atoms with Gasteiger partial charge in [-0.15, -0.1) is 0 Å². The Bertz CT molecular complexity index is 440. The average Bonchev–Trinajstić information content (AvgIpc) is 2.65. The van der Waals surface area contributed by atoms with Crippen molar-refractivity contribution in [3.63, 3.8) is 0 Å². The van der Waals surface area contributed by atoms with Gasteiger partial charge in [0.1, 0.15) is 5.76 Å². The molecule has 0 amide bonds. The number of nitrogens with zero attached hydrogens (tertiary/aromatic N) is 1. The van der Waals surface area contributed by atoms with Gasteiger partial charge in [-0.3, -0.25) is 0 Å². The Hall–Kier alpha value is -1.57. The van der Waals surface area contributed by atoms with E-state index >= 15 is 0 Å². The van der Waals surface area contributed by atoms with E-state index in [9.17, 15) is 0 Å². The Balaban J connectivity index is 2.31. The van der Waals surface area contributed by atoms with Gasteiger partial charge in [0.2, 0.25) is 5.89 Å². The molecular weight excluding hydrogens is 186 g/mol. The molecule has 1 aromatic heterocycles. The first kappa shape index (κ1) is 9.97. The fraction of sp³-hybridized carbons (Fsp3) is 0.308. The van der Waals surface area contributed by atoms with Crippen molar-refractivity contribution in [2.24, 2.45) is 0 Å². The molecule has 0 saturated heterocycles. The predicted octanol–water partition coefficient (Wildman–Crippen LogP) is 3.77. The highest BCUT2D eigenvalue weighted by Crippen LogP contribution is 2.22. The maximum atomic E-state index is 5.46. The number of oxazole rings is 1. The summed E-state index contributed by atoms with van der Waals surface area (Å²) < 4.78 is 5.46. The first-order valence-corrected chi connectivity index (χ1v) is 5.19. The zero-order chi connectivity index (χ0) is 10.8. The van der Waals surface area contributed by atoms with Gasteiger partial charge < -0.3 is 4.42 Å². The Morgan fingerprint density at radius 2 is 1.80 bits per heavy atom. The third kappa shape index (κ3) is 2.09. The molecule has 78 valence electrons. The summed E-state index contributed by atoms with van der Waals surface area (Å²) in [5, 5.41) is 0. The molecule has 0 radical (unpaired) electrons. The molecule has 0 spiro atoms. The monoisotopic (exact) mass is 201 g/mol. The summed E-state index contributed by atoms with van der Waals surface area (Å²) in [6, 6.07) is 8.36. The minimum atomic E-state index is 0.561. The van der Waals surface area contributed by atoms with Gasteiger partial charge in [0.05, 0.1) is 6.20 Å². The van der Waals surface area contributed by atoms with Gasteiger partial charge in [-0.2, -0.15) is 0 Å². The van der Waals surface area contributed by atoms with Crippen molar-refractivity contribution in [1.82, 2.24) is 4.98 Å². The first-order chi connectivity index (χ1) is 7.16. The van der Waals surface area contributed by atoms with Crippen LogP contribution in [0, 0.1) is 6.92 Å². The summed E-state index contributed by atoms with van der Waals surface area (Å²) in [5.74, 6) is 2.10. The van der Waals surface area contributed by atoms with Gasteiger partial charge >= 0.3 is 0 Å². The zero-order valence-electron chi connectivity index (χ0n) is 9.32. The Morgan fingerprint density at radius 1 is 1.13 bits per heavy atom. The number of aromatic nitrogens is 1. The highest BCUT2D eigenvalue weighted by Gasteiger charge is 2.04. The van der Waals surface area contributed by atoms with E-state index in [0.29, 0.717) is 11.8 Å². The van der Waals surface area contributed by atoms with Crippen molar-refractivity contribution >= 4 is 0 Å². The van der Waals surface area contributed by atoms with E-state index in [1.165, 1.54) is 5.56 Å². The minimum Gasteiger partial charge on any atom is -0.441 e. The molecule has 0 aliphatic rings. The molecule has 1 heterocycles. The topological polar surface area (TPSA) is 26.0 Å². The molecule has 0 aliphatic heterocycles. The van der Waals surface area contributed by atoms with Crippen molar-refractivity contribution < 1.29 is 4.42 Å². The molecule has 2 nitrogen and oxygen atoms in total. The average molecular weight is 201 g/mol. The fourth-order valence-corrected chi connectivity index (χ4v) is 1.50. The number of aryl methyl sites for hydroxylation is 1. The molecule has 0 atom stereocenters. The second-order valence-corrected chi connectivity index (χ2v) is 4.05. The van der Waals surface area contributed by atoms with Crippen molar-refractivity contribution in [3.8, 4) is 11.5 Å². The van der Waals surface area contributed by atoms with E-state index < -0.39 is 0 Å². The third-order valence-electron chi connectivity index (χ3n) is 2.45. The lowest BCUT2D eigenvalue weighted by atomic mass is 10.0. The van der Waals surface area contributed by atoms with E-state index in [1.807, 2.05) is 6.92 Å². The summed E-state index contributed by atoms with van der Waals surface area (Å²) in [4.78, 5) is 4.19. The second-order valence-electron chi connectivity index (χ2n) is 4.05. The summed E-state index contributed by atoms with van der Waals surface area (Å²) in [6.07, 6.45) is 1.74. The standard InChI is InChI=1S/C13H15NO/c1-9(2)11-4-6-12(7-5-11)13-14-8-10(3)15-13/h4-9H,1-3H3. The van der Waals surface area contributed by atoms with Crippen LogP contribution in [0.1, 0.15) is 31.1 Å². The zero-order valence-corrected chi connectivity index (χ0v) is 9.32. The molecule has 0 N–H and O–H groups in total. The van der Waals surface area contributed by atoms with Gasteiger partial charge in [-0.05, 0) is 30.5 Å². The van der Waals surface area contributed by atoms with Gasteiger partial charge in [0.15, 0.2) is 0 Å². The Morgan fingerprint density at radius 3 is 2.27 bits per heavy atom.